The van der Waals surface area contributed by atoms with Gasteiger partial charge in [0.2, 0.25) is 5.96 Å². The van der Waals surface area contributed by atoms with Crippen molar-refractivity contribution in [2.45, 2.75) is 0 Å². The summed E-state index contributed by atoms with van der Waals surface area (Å²) in [6.07, 6.45) is 1.12. The van der Waals surface area contributed by atoms with Crippen LogP contribution in [0, 0.1) is 0 Å². The number of aliphatic imine (C=N–C) groups is 2. The number of nitrogens with two attached hydrogens (primary N) is 3. The molecular weight excluding hydrogens is 349 g/mol. The van der Waals surface area contributed by atoms with Gasteiger partial charge in [-0.15, -0.1) is 0 Å². The number of carboxylic acid groups (broad SMARTS) is 2. The predicted octanol–water partition coefficient (Wildman–Crippen LogP) is 0.925. The molecule has 1 rings (SSSR count). The minimum Gasteiger partial charge on any atom is -0.478 e. The molecule has 0 bridgehead atoms. The molecule has 1 aromatic rings. The second kappa shape index (κ2) is 10.0. The number of guanidine groups is 2. The van der Waals surface area contributed by atoms with Gasteiger partial charge in [-0.25, -0.2) is 14.6 Å². The standard InChI is InChI=1S/C8H9Cl2N5.C4H4O4/c9-4-1-2-6(5(10)3-4)14-8(13)15-7(11)12;5-3(6)1-2-4(7)8/h1-3H,(H6,11,12,13,14,15);1-2H,(H,5,6)(H,7,8)/b;2-1-. The van der Waals surface area contributed by atoms with Gasteiger partial charge in [-0.1, -0.05) is 23.2 Å². The van der Waals surface area contributed by atoms with Gasteiger partial charge in [-0.05, 0) is 18.2 Å². The Bertz CT molecular complexity index is 653. The van der Waals surface area contributed by atoms with Crippen molar-refractivity contribution in [1.29, 1.82) is 0 Å². The molecule has 0 atom stereocenters. The third-order valence-electron chi connectivity index (χ3n) is 1.76. The fraction of sp³-hybridized carbons (Fsp3) is 0. The van der Waals surface area contributed by atoms with Gasteiger partial charge >= 0.3 is 11.9 Å². The van der Waals surface area contributed by atoms with E-state index in [2.05, 4.69) is 9.98 Å². The number of aliphatic carboxylic acids is 2. The van der Waals surface area contributed by atoms with E-state index in [1.54, 1.807) is 18.2 Å². The van der Waals surface area contributed by atoms with Gasteiger partial charge in [-0.2, -0.15) is 4.99 Å². The molecule has 23 heavy (non-hydrogen) atoms. The Morgan fingerprint density at radius 3 is 1.96 bits per heavy atom. The Balaban J connectivity index is 0.000000515. The summed E-state index contributed by atoms with van der Waals surface area (Å²) < 4.78 is 0. The first-order chi connectivity index (χ1) is 10.6. The fourth-order valence-electron chi connectivity index (χ4n) is 0.995. The van der Waals surface area contributed by atoms with E-state index in [1.807, 2.05) is 0 Å². The summed E-state index contributed by atoms with van der Waals surface area (Å²) in [5.41, 5.74) is 16.1. The average molecular weight is 362 g/mol. The normalized spacial score (nSPS) is 10.6. The molecule has 0 aliphatic carbocycles. The summed E-state index contributed by atoms with van der Waals surface area (Å²) in [6.45, 7) is 0. The van der Waals surface area contributed by atoms with Crippen LogP contribution in [0.2, 0.25) is 10.0 Å². The second-order valence-corrected chi connectivity index (χ2v) is 4.46. The largest absolute Gasteiger partial charge is 0.478 e. The molecule has 0 spiro atoms. The minimum atomic E-state index is -1.26. The molecule has 0 fully saturated rings. The van der Waals surface area contributed by atoms with Crippen molar-refractivity contribution < 1.29 is 19.8 Å². The van der Waals surface area contributed by atoms with E-state index >= 15 is 0 Å². The summed E-state index contributed by atoms with van der Waals surface area (Å²) in [5.74, 6) is -2.75. The van der Waals surface area contributed by atoms with E-state index in [1.165, 1.54) is 0 Å². The molecule has 124 valence electrons. The minimum absolute atomic E-state index is 0.0702. The average Bonchev–Trinajstić information content (AvgIpc) is 2.39. The highest BCUT2D eigenvalue weighted by atomic mass is 35.5. The monoisotopic (exact) mass is 361 g/mol. The summed E-state index contributed by atoms with van der Waals surface area (Å²) >= 11 is 11.6. The van der Waals surface area contributed by atoms with Gasteiger partial charge in [0.25, 0.3) is 0 Å². The molecule has 0 aliphatic heterocycles. The van der Waals surface area contributed by atoms with Gasteiger partial charge in [-0.3, -0.25) is 0 Å². The number of carboxylic acids is 2. The van der Waals surface area contributed by atoms with Crippen LogP contribution in [0.15, 0.2) is 40.3 Å². The van der Waals surface area contributed by atoms with Crippen molar-refractivity contribution in [3.8, 4) is 0 Å². The lowest BCUT2D eigenvalue weighted by Crippen LogP contribution is -2.26. The Labute approximate surface area is 140 Å². The van der Waals surface area contributed by atoms with E-state index in [0.717, 1.165) is 0 Å². The van der Waals surface area contributed by atoms with Crippen molar-refractivity contribution >= 4 is 52.7 Å². The lowest BCUT2D eigenvalue weighted by Gasteiger charge is -1.99. The first kappa shape index (κ1) is 20.2. The number of hydrogen-bond donors (Lipinski definition) is 5. The zero-order valence-electron chi connectivity index (χ0n) is 11.5. The highest BCUT2D eigenvalue weighted by Crippen LogP contribution is 2.27. The summed E-state index contributed by atoms with van der Waals surface area (Å²) in [7, 11) is 0. The molecule has 0 radical (unpaired) electrons. The van der Waals surface area contributed by atoms with Gasteiger partial charge < -0.3 is 27.4 Å². The number of halogens is 2. The fourth-order valence-corrected chi connectivity index (χ4v) is 1.45. The Hall–Kier alpha value is -2.78. The lowest BCUT2D eigenvalue weighted by molar-refractivity contribution is -0.134. The molecule has 0 saturated carbocycles. The quantitative estimate of drug-likeness (QED) is 0.301. The van der Waals surface area contributed by atoms with Crippen LogP contribution in [0.25, 0.3) is 0 Å². The first-order valence-corrected chi connectivity index (χ1v) is 6.40. The Morgan fingerprint density at radius 2 is 1.57 bits per heavy atom. The molecule has 0 aromatic heterocycles. The van der Waals surface area contributed by atoms with E-state index in [-0.39, 0.29) is 11.9 Å². The highest BCUT2D eigenvalue weighted by molar-refractivity contribution is 6.36. The molecule has 0 amide bonds. The van der Waals surface area contributed by atoms with Crippen molar-refractivity contribution in [1.82, 2.24) is 0 Å². The van der Waals surface area contributed by atoms with Crippen LogP contribution >= 0.6 is 23.2 Å². The van der Waals surface area contributed by atoms with E-state index in [0.29, 0.717) is 27.9 Å². The number of nitrogens with zero attached hydrogens (tertiary/aromatic N) is 2. The van der Waals surface area contributed by atoms with Crippen LogP contribution in [0.3, 0.4) is 0 Å². The van der Waals surface area contributed by atoms with Crippen molar-refractivity contribution in [2.24, 2.45) is 27.2 Å². The van der Waals surface area contributed by atoms with Gasteiger partial charge in [0, 0.05) is 17.2 Å². The summed E-state index contributed by atoms with van der Waals surface area (Å²) in [5, 5.41) is 16.5. The smallest absolute Gasteiger partial charge is 0.328 e. The van der Waals surface area contributed by atoms with Crippen molar-refractivity contribution in [3.05, 3.63) is 40.4 Å². The zero-order chi connectivity index (χ0) is 18.0. The van der Waals surface area contributed by atoms with Crippen molar-refractivity contribution in [3.63, 3.8) is 0 Å². The SMILES string of the molecule is NC(N)=NC(N)=Nc1ccc(Cl)cc1Cl.O=C(O)/C=C\C(=O)O. The molecule has 1 aromatic carbocycles. The Morgan fingerprint density at radius 1 is 1.04 bits per heavy atom. The van der Waals surface area contributed by atoms with Gasteiger partial charge in [0.1, 0.15) is 0 Å². The molecular formula is C12H13Cl2N5O4. The molecule has 8 N–H and O–H groups in total. The zero-order valence-corrected chi connectivity index (χ0v) is 13.0. The lowest BCUT2D eigenvalue weighted by atomic mass is 10.3. The Kier molecular flexibility index (Phi) is 8.82. The molecule has 0 saturated heterocycles. The van der Waals surface area contributed by atoms with Crippen LogP contribution < -0.4 is 17.2 Å². The van der Waals surface area contributed by atoms with Gasteiger partial charge in [0.15, 0.2) is 5.96 Å². The van der Waals surface area contributed by atoms with Crippen LogP contribution in [0.4, 0.5) is 5.69 Å². The van der Waals surface area contributed by atoms with Gasteiger partial charge in [0.05, 0.1) is 10.7 Å². The van der Waals surface area contributed by atoms with Crippen LogP contribution in [0.5, 0.6) is 0 Å². The maximum atomic E-state index is 9.55. The third kappa shape index (κ3) is 10.6. The molecule has 0 heterocycles. The van der Waals surface area contributed by atoms with E-state index in [9.17, 15) is 9.59 Å². The molecule has 0 unspecified atom stereocenters. The van der Waals surface area contributed by atoms with Crippen LogP contribution in [-0.2, 0) is 9.59 Å². The molecule has 11 heteroatoms. The van der Waals surface area contributed by atoms with Crippen molar-refractivity contribution in [2.75, 3.05) is 0 Å². The molecule has 0 aliphatic rings. The second-order valence-electron chi connectivity index (χ2n) is 3.61. The third-order valence-corrected chi connectivity index (χ3v) is 2.29. The number of rotatable bonds is 3. The van der Waals surface area contributed by atoms with Crippen LogP contribution in [-0.4, -0.2) is 34.1 Å². The predicted molar refractivity (Wildman–Crippen MR) is 88.0 cm³/mol. The number of benzene rings is 1. The first-order valence-electron chi connectivity index (χ1n) is 5.64. The topological polar surface area (TPSA) is 177 Å². The van der Waals surface area contributed by atoms with E-state index < -0.39 is 11.9 Å². The van der Waals surface area contributed by atoms with Crippen LogP contribution in [0.1, 0.15) is 0 Å². The highest BCUT2D eigenvalue weighted by Gasteiger charge is 2.00. The van der Waals surface area contributed by atoms with E-state index in [4.69, 9.17) is 50.6 Å². The number of carbonyl (C=O) groups is 2. The maximum absolute atomic E-state index is 9.55. The molecule has 9 nitrogen and oxygen atoms in total. The summed E-state index contributed by atoms with van der Waals surface area (Å²) in [6, 6.07) is 4.79. The maximum Gasteiger partial charge on any atom is 0.328 e. The summed E-state index contributed by atoms with van der Waals surface area (Å²) in [4.78, 5) is 26.5. The number of hydrogen-bond acceptors (Lipinski definition) is 3.